The van der Waals surface area contributed by atoms with Crippen molar-refractivity contribution in [2.45, 2.75) is 0 Å². The predicted octanol–water partition coefficient (Wildman–Crippen LogP) is -3.38. The molecule has 0 bridgehead atoms. The van der Waals surface area contributed by atoms with Crippen LogP contribution in [0, 0.1) is 0 Å². The first-order valence-electron chi connectivity index (χ1n) is 0. The van der Waals surface area contributed by atoms with Crippen molar-refractivity contribution in [2.75, 3.05) is 0 Å². The van der Waals surface area contributed by atoms with E-state index >= 15 is 0 Å². The summed E-state index contributed by atoms with van der Waals surface area (Å²) in [5.74, 6) is 0. The van der Waals surface area contributed by atoms with Crippen LogP contribution in [0.2, 0.25) is 0 Å². The average Bonchev–Trinajstić information content (AvgIpc) is 0. The largest absolute Gasteiger partial charge is 3.00 e. The Morgan fingerprint density at radius 2 is 0.750 bits per heavy atom. The zero-order chi connectivity index (χ0) is 0. The molecule has 0 rings (SSSR count). The molecular weight excluding hydrogens is 141 g/mol. The summed E-state index contributed by atoms with van der Waals surface area (Å²) in [6.45, 7) is 0. The zero-order valence-electron chi connectivity index (χ0n) is 2.39. The van der Waals surface area contributed by atoms with Gasteiger partial charge in [0.1, 0.15) is 0 Å². The van der Waals surface area contributed by atoms with Gasteiger partial charge in [0.2, 0.25) is 0 Å². The van der Waals surface area contributed by atoms with E-state index in [9.17, 15) is 0 Å². The van der Waals surface area contributed by atoms with Crippen LogP contribution in [0.5, 0.6) is 0 Å². The standard InChI is InChI=1S/Ga.Li.2S/q+3;+1;2*-2. The van der Waals surface area contributed by atoms with Gasteiger partial charge in [-0.1, -0.05) is 0 Å². The zero-order valence-corrected chi connectivity index (χ0v) is 6.45. The predicted molar refractivity (Wildman–Crippen MR) is 20.5 cm³/mol. The molecule has 0 amide bonds. The first kappa shape index (κ1) is 38.6. The Balaban J connectivity index is 0. The van der Waals surface area contributed by atoms with E-state index in [1.54, 1.807) is 0 Å². The Bertz CT molecular complexity index is 6.00. The molecular formula is GaLiS2. The molecule has 0 aromatic rings. The van der Waals surface area contributed by atoms with Gasteiger partial charge < -0.3 is 27.0 Å². The van der Waals surface area contributed by atoms with Crippen molar-refractivity contribution in [2.24, 2.45) is 0 Å². The number of hydrogen-bond acceptors (Lipinski definition) is 0. The van der Waals surface area contributed by atoms with Gasteiger partial charge in [-0.3, -0.25) is 0 Å². The third-order valence-electron chi connectivity index (χ3n) is 0. The second-order valence-electron chi connectivity index (χ2n) is 0. The molecule has 0 unspecified atom stereocenters. The fraction of sp³-hybridized carbons (Fsp3) is 0. The average molecular weight is 141 g/mol. The fourth-order valence-electron chi connectivity index (χ4n) is 0. The van der Waals surface area contributed by atoms with E-state index in [1.807, 2.05) is 0 Å². The maximum absolute atomic E-state index is 0. The maximum Gasteiger partial charge on any atom is 3.00 e. The van der Waals surface area contributed by atoms with Gasteiger partial charge in [-0.05, 0) is 0 Å². The van der Waals surface area contributed by atoms with Crippen molar-refractivity contribution in [3.63, 3.8) is 0 Å². The molecule has 0 fully saturated rings. The molecule has 0 saturated heterocycles. The Morgan fingerprint density at radius 1 is 0.750 bits per heavy atom. The molecule has 0 aliphatic heterocycles. The van der Waals surface area contributed by atoms with Crippen LogP contribution in [0.3, 0.4) is 0 Å². The Labute approximate surface area is 65.2 Å². The minimum atomic E-state index is 0. The minimum absolute atomic E-state index is 0. The van der Waals surface area contributed by atoms with Gasteiger partial charge in [0, 0.05) is 0 Å². The summed E-state index contributed by atoms with van der Waals surface area (Å²) < 4.78 is 0. The monoisotopic (exact) mass is 140 g/mol. The number of hydrogen-bond donors (Lipinski definition) is 0. The molecule has 0 aromatic heterocycles. The third kappa shape index (κ3) is 9.05. The van der Waals surface area contributed by atoms with Crippen molar-refractivity contribution in [3.8, 4) is 0 Å². The quantitative estimate of drug-likeness (QED) is 0.308. The molecule has 0 aromatic carbocycles. The van der Waals surface area contributed by atoms with Gasteiger partial charge in [-0.2, -0.15) is 0 Å². The van der Waals surface area contributed by atoms with Gasteiger partial charge in [0.25, 0.3) is 0 Å². The summed E-state index contributed by atoms with van der Waals surface area (Å²) >= 11 is 0. The molecule has 0 radical (unpaired) electrons. The van der Waals surface area contributed by atoms with Gasteiger partial charge in [-0.25, -0.2) is 0 Å². The molecule has 0 aliphatic rings. The van der Waals surface area contributed by atoms with Crippen molar-refractivity contribution >= 4 is 46.8 Å². The van der Waals surface area contributed by atoms with E-state index in [2.05, 4.69) is 0 Å². The summed E-state index contributed by atoms with van der Waals surface area (Å²) in [4.78, 5) is 0. The van der Waals surface area contributed by atoms with E-state index in [-0.39, 0.29) is 65.6 Å². The van der Waals surface area contributed by atoms with Crippen LogP contribution in [0.1, 0.15) is 0 Å². The van der Waals surface area contributed by atoms with Crippen LogP contribution in [0.4, 0.5) is 0 Å². The topological polar surface area (TPSA) is 0 Å². The van der Waals surface area contributed by atoms with Crippen LogP contribution >= 0.6 is 0 Å². The molecule has 0 N–H and O–H groups in total. The van der Waals surface area contributed by atoms with Crippen LogP contribution in [-0.2, 0) is 27.0 Å². The Hall–Kier alpha value is 1.93. The van der Waals surface area contributed by atoms with Crippen molar-refractivity contribution in [3.05, 3.63) is 0 Å². The van der Waals surface area contributed by atoms with E-state index in [0.29, 0.717) is 0 Å². The van der Waals surface area contributed by atoms with Gasteiger partial charge in [0.15, 0.2) is 0 Å². The fourth-order valence-corrected chi connectivity index (χ4v) is 0. The molecule has 4 heavy (non-hydrogen) atoms. The van der Waals surface area contributed by atoms with E-state index in [0.717, 1.165) is 0 Å². The Morgan fingerprint density at radius 3 is 0.750 bits per heavy atom. The summed E-state index contributed by atoms with van der Waals surface area (Å²) in [7, 11) is 0. The molecule has 0 aliphatic carbocycles. The third-order valence-corrected chi connectivity index (χ3v) is 0. The maximum atomic E-state index is 0. The molecule has 4 heteroatoms. The first-order valence-corrected chi connectivity index (χ1v) is 0. The van der Waals surface area contributed by atoms with Crippen molar-refractivity contribution in [1.82, 2.24) is 0 Å². The summed E-state index contributed by atoms with van der Waals surface area (Å²) in [5, 5.41) is 0. The van der Waals surface area contributed by atoms with Gasteiger partial charge in [-0.15, -0.1) is 0 Å². The van der Waals surface area contributed by atoms with Gasteiger partial charge >= 0.3 is 38.7 Å². The number of rotatable bonds is 0. The summed E-state index contributed by atoms with van der Waals surface area (Å²) in [5.41, 5.74) is 0. The molecule has 0 heterocycles. The second kappa shape index (κ2) is 20.4. The smallest absolute Gasteiger partial charge is 2.00 e. The van der Waals surface area contributed by atoms with Crippen LogP contribution < -0.4 is 18.9 Å². The molecule has 0 saturated carbocycles. The Kier molecular flexibility index (Phi) is 197. The SMILES string of the molecule is [Ga+3].[Li+].[S-2].[S-2]. The molecule has 0 atom stereocenters. The second-order valence-corrected chi connectivity index (χ2v) is 0. The minimum Gasteiger partial charge on any atom is -2.00 e. The van der Waals surface area contributed by atoms with E-state index < -0.39 is 0 Å². The van der Waals surface area contributed by atoms with E-state index in [4.69, 9.17) is 0 Å². The summed E-state index contributed by atoms with van der Waals surface area (Å²) in [6.07, 6.45) is 0. The molecule has 16 valence electrons. The van der Waals surface area contributed by atoms with E-state index in [1.165, 1.54) is 0 Å². The summed E-state index contributed by atoms with van der Waals surface area (Å²) in [6, 6.07) is 0. The molecule has 0 nitrogen and oxygen atoms in total. The normalized spacial score (nSPS) is 0. The van der Waals surface area contributed by atoms with Gasteiger partial charge in [0.05, 0.1) is 0 Å². The van der Waals surface area contributed by atoms with Crippen LogP contribution in [-0.4, -0.2) is 19.8 Å². The molecule has 0 spiro atoms. The van der Waals surface area contributed by atoms with Crippen LogP contribution in [0.15, 0.2) is 0 Å². The van der Waals surface area contributed by atoms with Crippen molar-refractivity contribution < 1.29 is 18.9 Å². The van der Waals surface area contributed by atoms with Crippen LogP contribution in [0.25, 0.3) is 0 Å². The first-order chi connectivity index (χ1) is 0. The van der Waals surface area contributed by atoms with Crippen molar-refractivity contribution in [1.29, 1.82) is 0 Å².